The summed E-state index contributed by atoms with van der Waals surface area (Å²) in [4.78, 5) is 31.7. The van der Waals surface area contributed by atoms with Crippen molar-refractivity contribution in [2.75, 3.05) is 0 Å². The van der Waals surface area contributed by atoms with E-state index >= 15 is 0 Å². The minimum Gasteiger partial charge on any atom is -0.480 e. The van der Waals surface area contributed by atoms with Gasteiger partial charge in [0, 0.05) is 35.1 Å². The van der Waals surface area contributed by atoms with E-state index in [1.807, 2.05) is 48.5 Å². The summed E-state index contributed by atoms with van der Waals surface area (Å²) in [6.07, 6.45) is 3.43. The van der Waals surface area contributed by atoms with Gasteiger partial charge in [-0.25, -0.2) is 4.79 Å². The van der Waals surface area contributed by atoms with Crippen molar-refractivity contribution in [1.29, 1.82) is 0 Å². The Labute approximate surface area is 154 Å². The molecule has 2 aromatic carbocycles. The van der Waals surface area contributed by atoms with Gasteiger partial charge in [-0.3, -0.25) is 9.78 Å². The molecule has 1 atom stereocenters. The van der Waals surface area contributed by atoms with Gasteiger partial charge in [0.1, 0.15) is 6.04 Å². The Balaban J connectivity index is 1.57. The molecular formula is C21H17N3O3. The summed E-state index contributed by atoms with van der Waals surface area (Å²) in [5.41, 5.74) is 2.89. The second kappa shape index (κ2) is 6.92. The molecule has 2 heterocycles. The number of carbonyl (C=O) groups is 2. The molecule has 6 nitrogen and oxygen atoms in total. The highest BCUT2D eigenvalue weighted by atomic mass is 16.4. The fourth-order valence-corrected chi connectivity index (χ4v) is 3.16. The number of benzene rings is 2. The van der Waals surface area contributed by atoms with Crippen molar-refractivity contribution < 1.29 is 14.7 Å². The molecule has 0 bridgehead atoms. The van der Waals surface area contributed by atoms with Gasteiger partial charge in [0.25, 0.3) is 5.91 Å². The normalized spacial score (nSPS) is 12.1. The first-order valence-electron chi connectivity index (χ1n) is 8.55. The maximum absolute atomic E-state index is 12.6. The highest BCUT2D eigenvalue weighted by molar-refractivity contribution is 5.99. The van der Waals surface area contributed by atoms with Crippen molar-refractivity contribution in [1.82, 2.24) is 15.3 Å². The Morgan fingerprint density at radius 1 is 1.11 bits per heavy atom. The van der Waals surface area contributed by atoms with Gasteiger partial charge in [-0.1, -0.05) is 36.4 Å². The van der Waals surface area contributed by atoms with Crippen LogP contribution in [0.15, 0.2) is 67.0 Å². The SMILES string of the molecule is O=C(N[C@@H](Cc1c[nH]c2ccccc12)C(=O)O)c1cnc2ccccc2c1. The summed E-state index contributed by atoms with van der Waals surface area (Å²) in [6.45, 7) is 0. The van der Waals surface area contributed by atoms with E-state index in [4.69, 9.17) is 0 Å². The summed E-state index contributed by atoms with van der Waals surface area (Å²) in [6, 6.07) is 15.8. The molecule has 0 unspecified atom stereocenters. The van der Waals surface area contributed by atoms with Crippen LogP contribution in [-0.2, 0) is 11.2 Å². The quantitative estimate of drug-likeness (QED) is 0.510. The van der Waals surface area contributed by atoms with E-state index in [1.165, 1.54) is 6.20 Å². The first-order chi connectivity index (χ1) is 13.1. The number of aromatic nitrogens is 2. The number of para-hydroxylation sites is 2. The fourth-order valence-electron chi connectivity index (χ4n) is 3.16. The molecule has 27 heavy (non-hydrogen) atoms. The molecule has 4 rings (SSSR count). The van der Waals surface area contributed by atoms with E-state index in [1.54, 1.807) is 12.3 Å². The topological polar surface area (TPSA) is 95.1 Å². The average Bonchev–Trinajstić information content (AvgIpc) is 3.10. The molecule has 4 aromatic rings. The number of pyridine rings is 1. The molecule has 0 fully saturated rings. The Morgan fingerprint density at radius 3 is 2.74 bits per heavy atom. The number of carbonyl (C=O) groups excluding carboxylic acids is 1. The molecule has 0 radical (unpaired) electrons. The lowest BCUT2D eigenvalue weighted by Crippen LogP contribution is -2.42. The number of aliphatic carboxylic acids is 1. The first-order valence-corrected chi connectivity index (χ1v) is 8.55. The summed E-state index contributed by atoms with van der Waals surface area (Å²) in [5.74, 6) is -1.54. The molecule has 0 aliphatic carbocycles. The van der Waals surface area contributed by atoms with Crippen LogP contribution in [0, 0.1) is 0 Å². The summed E-state index contributed by atoms with van der Waals surface area (Å²) < 4.78 is 0. The van der Waals surface area contributed by atoms with E-state index in [0.717, 1.165) is 27.4 Å². The molecule has 1 amide bonds. The Bertz CT molecular complexity index is 1150. The number of aromatic amines is 1. The zero-order valence-electron chi connectivity index (χ0n) is 14.3. The molecule has 2 aromatic heterocycles. The second-order valence-electron chi connectivity index (χ2n) is 6.34. The second-order valence-corrected chi connectivity index (χ2v) is 6.34. The van der Waals surface area contributed by atoms with Crippen LogP contribution in [0.4, 0.5) is 0 Å². The third-order valence-corrected chi connectivity index (χ3v) is 4.56. The summed E-state index contributed by atoms with van der Waals surface area (Å²) in [7, 11) is 0. The van der Waals surface area contributed by atoms with Crippen LogP contribution >= 0.6 is 0 Å². The number of amides is 1. The number of hydrogen-bond acceptors (Lipinski definition) is 3. The van der Waals surface area contributed by atoms with Gasteiger partial charge in [-0.15, -0.1) is 0 Å². The maximum Gasteiger partial charge on any atom is 0.326 e. The Kier molecular flexibility index (Phi) is 4.30. The lowest BCUT2D eigenvalue weighted by Gasteiger charge is -2.14. The summed E-state index contributed by atoms with van der Waals surface area (Å²) in [5, 5.41) is 14.0. The van der Waals surface area contributed by atoms with Crippen molar-refractivity contribution >= 4 is 33.7 Å². The molecule has 0 saturated heterocycles. The van der Waals surface area contributed by atoms with Crippen LogP contribution in [0.3, 0.4) is 0 Å². The van der Waals surface area contributed by atoms with Gasteiger partial charge < -0.3 is 15.4 Å². The van der Waals surface area contributed by atoms with E-state index in [9.17, 15) is 14.7 Å². The monoisotopic (exact) mass is 359 g/mol. The number of carboxylic acids is 1. The number of H-pyrrole nitrogens is 1. The lowest BCUT2D eigenvalue weighted by atomic mass is 10.0. The third kappa shape index (κ3) is 3.37. The molecule has 0 saturated carbocycles. The van der Waals surface area contributed by atoms with Crippen LogP contribution in [0.25, 0.3) is 21.8 Å². The molecule has 0 aliphatic heterocycles. The van der Waals surface area contributed by atoms with Crippen LogP contribution < -0.4 is 5.32 Å². The smallest absolute Gasteiger partial charge is 0.326 e. The Hall–Kier alpha value is -3.67. The molecular weight excluding hydrogens is 342 g/mol. The zero-order valence-corrected chi connectivity index (χ0v) is 14.3. The van der Waals surface area contributed by atoms with Crippen molar-refractivity contribution in [3.63, 3.8) is 0 Å². The minimum atomic E-state index is -1.08. The fraction of sp³-hybridized carbons (Fsp3) is 0.0952. The van der Waals surface area contributed by atoms with Crippen molar-refractivity contribution in [2.24, 2.45) is 0 Å². The predicted molar refractivity (Wildman–Crippen MR) is 103 cm³/mol. The summed E-state index contributed by atoms with van der Waals surface area (Å²) >= 11 is 0. The van der Waals surface area contributed by atoms with Crippen molar-refractivity contribution in [2.45, 2.75) is 12.5 Å². The standard InChI is InChI=1S/C21H17N3O3/c25-20(15-9-13-5-1-3-7-17(13)22-12-15)24-19(21(26)27)10-14-11-23-18-8-4-2-6-16(14)18/h1-9,11-12,19,23H,10H2,(H,24,25)(H,26,27)/t19-/m0/s1. The number of rotatable bonds is 5. The lowest BCUT2D eigenvalue weighted by molar-refractivity contribution is -0.139. The van der Waals surface area contributed by atoms with Gasteiger partial charge >= 0.3 is 5.97 Å². The molecule has 6 heteroatoms. The molecule has 134 valence electrons. The van der Waals surface area contributed by atoms with E-state index < -0.39 is 17.9 Å². The largest absolute Gasteiger partial charge is 0.480 e. The average molecular weight is 359 g/mol. The number of nitrogens with zero attached hydrogens (tertiary/aromatic N) is 1. The maximum atomic E-state index is 12.6. The van der Waals surface area contributed by atoms with E-state index in [2.05, 4.69) is 15.3 Å². The highest BCUT2D eigenvalue weighted by Crippen LogP contribution is 2.19. The van der Waals surface area contributed by atoms with Gasteiger partial charge in [-0.05, 0) is 23.8 Å². The van der Waals surface area contributed by atoms with Crippen LogP contribution in [-0.4, -0.2) is 33.0 Å². The number of hydrogen-bond donors (Lipinski definition) is 3. The number of fused-ring (bicyclic) bond motifs is 2. The van der Waals surface area contributed by atoms with E-state index in [-0.39, 0.29) is 6.42 Å². The van der Waals surface area contributed by atoms with E-state index in [0.29, 0.717) is 5.56 Å². The van der Waals surface area contributed by atoms with Crippen molar-refractivity contribution in [3.05, 3.63) is 78.1 Å². The molecule has 3 N–H and O–H groups in total. The van der Waals surface area contributed by atoms with Crippen molar-refractivity contribution in [3.8, 4) is 0 Å². The van der Waals surface area contributed by atoms with Crippen LogP contribution in [0.5, 0.6) is 0 Å². The zero-order chi connectivity index (χ0) is 18.8. The molecule has 0 spiro atoms. The number of carboxylic acid groups (broad SMARTS) is 1. The minimum absolute atomic E-state index is 0.187. The van der Waals surface area contributed by atoms with Crippen LogP contribution in [0.1, 0.15) is 15.9 Å². The Morgan fingerprint density at radius 2 is 1.89 bits per heavy atom. The predicted octanol–water partition coefficient (Wildman–Crippen LogP) is 3.14. The van der Waals surface area contributed by atoms with Gasteiger partial charge in [-0.2, -0.15) is 0 Å². The van der Waals surface area contributed by atoms with Gasteiger partial charge in [0.05, 0.1) is 11.1 Å². The molecule has 0 aliphatic rings. The van der Waals surface area contributed by atoms with Gasteiger partial charge in [0.2, 0.25) is 0 Å². The first kappa shape index (κ1) is 16.8. The van der Waals surface area contributed by atoms with Gasteiger partial charge in [0.15, 0.2) is 0 Å². The number of nitrogens with one attached hydrogen (secondary N) is 2. The van der Waals surface area contributed by atoms with Crippen LogP contribution in [0.2, 0.25) is 0 Å². The highest BCUT2D eigenvalue weighted by Gasteiger charge is 2.22. The third-order valence-electron chi connectivity index (χ3n) is 4.56.